The monoisotopic (exact) mass is 243 g/mol. The van der Waals surface area contributed by atoms with E-state index in [1.54, 1.807) is 17.8 Å². The van der Waals surface area contributed by atoms with E-state index in [2.05, 4.69) is 4.98 Å². The highest BCUT2D eigenvalue weighted by Gasteiger charge is 2.10. The second-order valence-corrected chi connectivity index (χ2v) is 4.48. The minimum Gasteiger partial charge on any atom is -0.322 e. The molecule has 1 heterocycles. The van der Waals surface area contributed by atoms with Gasteiger partial charge in [0.1, 0.15) is 0 Å². The van der Waals surface area contributed by atoms with Crippen molar-refractivity contribution < 1.29 is 0 Å². The number of aryl methyl sites for hydroxylation is 2. The molecule has 0 aliphatic carbocycles. The number of hydrogen-bond acceptors (Lipinski definition) is 3. The summed E-state index contributed by atoms with van der Waals surface area (Å²) in [6.07, 6.45) is 1.55. The highest BCUT2D eigenvalue weighted by Crippen LogP contribution is 2.16. The van der Waals surface area contributed by atoms with Gasteiger partial charge < -0.3 is 5.73 Å². The minimum absolute atomic E-state index is 0.0634. The van der Waals surface area contributed by atoms with E-state index in [1.807, 2.05) is 31.2 Å². The highest BCUT2D eigenvalue weighted by atomic mass is 16.1. The van der Waals surface area contributed by atoms with Crippen molar-refractivity contribution in [2.45, 2.75) is 26.4 Å². The van der Waals surface area contributed by atoms with Gasteiger partial charge in [0.25, 0.3) is 5.56 Å². The summed E-state index contributed by atoms with van der Waals surface area (Å²) in [7, 11) is 0. The fourth-order valence-corrected chi connectivity index (χ4v) is 1.97. The van der Waals surface area contributed by atoms with E-state index < -0.39 is 0 Å². The summed E-state index contributed by atoms with van der Waals surface area (Å²) in [5.41, 5.74) is 9.00. The molecule has 0 bridgehead atoms. The van der Waals surface area contributed by atoms with Crippen LogP contribution in [0.1, 0.15) is 22.9 Å². The van der Waals surface area contributed by atoms with Gasteiger partial charge in [-0.3, -0.25) is 9.36 Å². The lowest BCUT2D eigenvalue weighted by Gasteiger charge is -2.15. The van der Waals surface area contributed by atoms with Crippen LogP contribution in [0.4, 0.5) is 0 Å². The van der Waals surface area contributed by atoms with E-state index in [0.29, 0.717) is 6.54 Å². The molecular weight excluding hydrogens is 226 g/mol. The number of aromatic nitrogens is 2. The average Bonchev–Trinajstić information content (AvgIpc) is 2.33. The third kappa shape index (κ3) is 2.65. The molecule has 0 saturated carbocycles. The summed E-state index contributed by atoms with van der Waals surface area (Å²) >= 11 is 0. The van der Waals surface area contributed by atoms with Crippen LogP contribution in [0, 0.1) is 13.8 Å². The average molecular weight is 243 g/mol. The molecule has 1 atom stereocenters. The molecule has 1 aromatic heterocycles. The number of rotatable bonds is 3. The van der Waals surface area contributed by atoms with Crippen molar-refractivity contribution in [1.82, 2.24) is 9.55 Å². The van der Waals surface area contributed by atoms with E-state index in [9.17, 15) is 4.79 Å². The Bertz CT molecular complexity index is 604. The Morgan fingerprint density at radius 3 is 2.72 bits per heavy atom. The lowest BCUT2D eigenvalue weighted by molar-refractivity contribution is 0.551. The largest absolute Gasteiger partial charge is 0.322 e. The number of benzene rings is 1. The quantitative estimate of drug-likeness (QED) is 0.890. The van der Waals surface area contributed by atoms with Gasteiger partial charge in [0.05, 0.1) is 6.33 Å². The van der Waals surface area contributed by atoms with Crippen LogP contribution in [-0.2, 0) is 6.54 Å². The lowest BCUT2D eigenvalue weighted by atomic mass is 10.0. The molecule has 0 aliphatic rings. The summed E-state index contributed by atoms with van der Waals surface area (Å²) < 4.78 is 1.55. The van der Waals surface area contributed by atoms with Crippen LogP contribution < -0.4 is 11.3 Å². The summed E-state index contributed by atoms with van der Waals surface area (Å²) in [5.74, 6) is 0. The Kier molecular flexibility index (Phi) is 3.58. The summed E-state index contributed by atoms with van der Waals surface area (Å²) in [5, 5.41) is 0. The summed E-state index contributed by atoms with van der Waals surface area (Å²) in [6.45, 7) is 4.26. The maximum atomic E-state index is 11.8. The zero-order valence-corrected chi connectivity index (χ0v) is 10.6. The molecule has 4 heteroatoms. The number of hydrogen-bond donors (Lipinski definition) is 1. The first-order valence-corrected chi connectivity index (χ1v) is 5.92. The molecular formula is C14H17N3O. The predicted octanol–water partition coefficient (Wildman–Crippen LogP) is 1.56. The van der Waals surface area contributed by atoms with Crippen LogP contribution in [0.2, 0.25) is 0 Å². The van der Waals surface area contributed by atoms with Gasteiger partial charge in [0, 0.05) is 24.3 Å². The Morgan fingerprint density at radius 1 is 1.33 bits per heavy atom. The van der Waals surface area contributed by atoms with Crippen molar-refractivity contribution in [1.29, 1.82) is 0 Å². The molecule has 18 heavy (non-hydrogen) atoms. The molecule has 0 spiro atoms. The molecule has 1 aromatic carbocycles. The van der Waals surface area contributed by atoms with Gasteiger partial charge in [-0.15, -0.1) is 0 Å². The van der Waals surface area contributed by atoms with Crippen LogP contribution in [0.5, 0.6) is 0 Å². The third-order valence-electron chi connectivity index (χ3n) is 3.00. The fourth-order valence-electron chi connectivity index (χ4n) is 1.97. The zero-order valence-electron chi connectivity index (χ0n) is 10.6. The van der Waals surface area contributed by atoms with Crippen LogP contribution in [0.15, 0.2) is 41.5 Å². The Balaban J connectivity index is 2.24. The van der Waals surface area contributed by atoms with E-state index >= 15 is 0 Å². The number of nitrogens with two attached hydrogens (primary N) is 1. The van der Waals surface area contributed by atoms with Gasteiger partial charge in [-0.1, -0.05) is 24.3 Å². The first kappa shape index (κ1) is 12.5. The first-order chi connectivity index (χ1) is 8.58. The molecule has 0 saturated heterocycles. The molecule has 2 rings (SSSR count). The van der Waals surface area contributed by atoms with Crippen molar-refractivity contribution in [3.05, 3.63) is 63.8 Å². The van der Waals surface area contributed by atoms with Gasteiger partial charge in [-0.05, 0) is 25.0 Å². The van der Waals surface area contributed by atoms with Crippen molar-refractivity contribution in [3.8, 4) is 0 Å². The molecule has 0 amide bonds. The normalized spacial score (nSPS) is 12.4. The van der Waals surface area contributed by atoms with E-state index in [1.165, 1.54) is 6.07 Å². The second-order valence-electron chi connectivity index (χ2n) is 4.48. The standard InChI is InChI=1S/C14H17N3O/c1-10-5-3-4-6-12(10)13(15)8-17-9-16-11(2)7-14(17)18/h3-7,9,13H,8,15H2,1-2H3. The summed E-state index contributed by atoms with van der Waals surface area (Å²) in [6, 6.07) is 9.26. The van der Waals surface area contributed by atoms with Gasteiger partial charge in [0.15, 0.2) is 0 Å². The highest BCUT2D eigenvalue weighted by molar-refractivity contribution is 5.28. The van der Waals surface area contributed by atoms with Gasteiger partial charge >= 0.3 is 0 Å². The van der Waals surface area contributed by atoms with Crippen LogP contribution in [0.3, 0.4) is 0 Å². The molecule has 4 nitrogen and oxygen atoms in total. The number of nitrogens with zero attached hydrogens (tertiary/aromatic N) is 2. The summed E-state index contributed by atoms with van der Waals surface area (Å²) in [4.78, 5) is 15.9. The topological polar surface area (TPSA) is 60.9 Å². The Hall–Kier alpha value is -1.94. The second kappa shape index (κ2) is 5.14. The maximum Gasteiger partial charge on any atom is 0.253 e. The van der Waals surface area contributed by atoms with Crippen molar-refractivity contribution in [2.24, 2.45) is 5.73 Å². The van der Waals surface area contributed by atoms with Crippen molar-refractivity contribution >= 4 is 0 Å². The van der Waals surface area contributed by atoms with Gasteiger partial charge in [0.2, 0.25) is 0 Å². The molecule has 0 fully saturated rings. The van der Waals surface area contributed by atoms with Gasteiger partial charge in [-0.25, -0.2) is 4.98 Å². The molecule has 0 radical (unpaired) electrons. The smallest absolute Gasteiger partial charge is 0.253 e. The lowest BCUT2D eigenvalue weighted by Crippen LogP contribution is -2.27. The molecule has 2 aromatic rings. The van der Waals surface area contributed by atoms with Crippen LogP contribution in [0.25, 0.3) is 0 Å². The minimum atomic E-state index is -0.201. The Labute approximate surface area is 106 Å². The molecule has 1 unspecified atom stereocenters. The molecule has 2 N–H and O–H groups in total. The Morgan fingerprint density at radius 2 is 2.06 bits per heavy atom. The molecule has 0 aliphatic heterocycles. The van der Waals surface area contributed by atoms with Crippen LogP contribution in [-0.4, -0.2) is 9.55 Å². The predicted molar refractivity (Wildman–Crippen MR) is 71.3 cm³/mol. The first-order valence-electron chi connectivity index (χ1n) is 5.92. The zero-order chi connectivity index (χ0) is 13.1. The fraction of sp³-hybridized carbons (Fsp3) is 0.286. The van der Waals surface area contributed by atoms with Gasteiger partial charge in [-0.2, -0.15) is 0 Å². The maximum absolute atomic E-state index is 11.8. The third-order valence-corrected chi connectivity index (χ3v) is 3.00. The van der Waals surface area contributed by atoms with Crippen LogP contribution >= 0.6 is 0 Å². The van der Waals surface area contributed by atoms with E-state index in [0.717, 1.165) is 16.8 Å². The van der Waals surface area contributed by atoms with Crippen molar-refractivity contribution in [3.63, 3.8) is 0 Å². The SMILES string of the molecule is Cc1cc(=O)n(CC(N)c2ccccc2C)cn1. The van der Waals surface area contributed by atoms with Crippen molar-refractivity contribution in [2.75, 3.05) is 0 Å². The van der Waals surface area contributed by atoms with E-state index in [4.69, 9.17) is 5.73 Å². The van der Waals surface area contributed by atoms with E-state index in [-0.39, 0.29) is 11.6 Å². The molecule has 94 valence electrons.